The summed E-state index contributed by atoms with van der Waals surface area (Å²) in [5.41, 5.74) is 6.38. The van der Waals surface area contributed by atoms with Crippen LogP contribution in [0.25, 0.3) is 11.3 Å². The van der Waals surface area contributed by atoms with Crippen molar-refractivity contribution in [2.45, 2.75) is 25.3 Å². The molecule has 1 N–H and O–H groups in total. The van der Waals surface area contributed by atoms with Crippen LogP contribution in [0.5, 0.6) is 11.5 Å². The first-order chi connectivity index (χ1) is 17.2. The SMILES string of the molecule is COc1cccc(N=c2scc(-c3ccc4c(c3)NC(=O)CO4)n2C2CCCc3ccccc32)c1. The van der Waals surface area contributed by atoms with Gasteiger partial charge in [0.1, 0.15) is 11.5 Å². The summed E-state index contributed by atoms with van der Waals surface area (Å²) in [5.74, 6) is 1.34. The van der Waals surface area contributed by atoms with E-state index in [0.29, 0.717) is 11.4 Å². The van der Waals surface area contributed by atoms with Gasteiger partial charge < -0.3 is 19.4 Å². The van der Waals surface area contributed by atoms with Crippen molar-refractivity contribution in [1.29, 1.82) is 0 Å². The summed E-state index contributed by atoms with van der Waals surface area (Å²) in [5, 5.41) is 5.09. The molecule has 2 aliphatic rings. The Balaban J connectivity index is 1.54. The number of amides is 1. The van der Waals surface area contributed by atoms with Crippen LogP contribution in [0.1, 0.15) is 30.0 Å². The summed E-state index contributed by atoms with van der Waals surface area (Å²) in [6.07, 6.45) is 3.25. The Kier molecular flexibility index (Phi) is 5.62. The number of aryl methyl sites for hydroxylation is 1. The Morgan fingerprint density at radius 2 is 2.03 bits per heavy atom. The number of thiazole rings is 1. The Labute approximate surface area is 207 Å². The number of nitrogens with one attached hydrogen (secondary N) is 1. The van der Waals surface area contributed by atoms with E-state index in [-0.39, 0.29) is 18.6 Å². The lowest BCUT2D eigenvalue weighted by Gasteiger charge is -2.28. The monoisotopic (exact) mass is 483 g/mol. The molecule has 1 unspecified atom stereocenters. The number of nitrogens with zero attached hydrogens (tertiary/aromatic N) is 2. The van der Waals surface area contributed by atoms with Crippen LogP contribution in [0, 0.1) is 0 Å². The number of benzene rings is 3. The van der Waals surface area contributed by atoms with Crippen molar-refractivity contribution in [2.24, 2.45) is 4.99 Å². The third-order valence-electron chi connectivity index (χ3n) is 6.58. The van der Waals surface area contributed by atoms with Crippen LogP contribution in [-0.2, 0) is 11.2 Å². The largest absolute Gasteiger partial charge is 0.497 e. The molecule has 1 amide bonds. The zero-order valence-electron chi connectivity index (χ0n) is 19.4. The lowest BCUT2D eigenvalue weighted by atomic mass is 9.87. The van der Waals surface area contributed by atoms with Crippen molar-refractivity contribution in [3.63, 3.8) is 0 Å². The third kappa shape index (κ3) is 4.12. The van der Waals surface area contributed by atoms with E-state index in [0.717, 1.165) is 46.8 Å². The lowest BCUT2D eigenvalue weighted by molar-refractivity contribution is -0.118. The second kappa shape index (κ2) is 9.07. The lowest BCUT2D eigenvalue weighted by Crippen LogP contribution is -2.26. The summed E-state index contributed by atoms with van der Waals surface area (Å²) in [6, 6.07) is 22.7. The zero-order valence-corrected chi connectivity index (χ0v) is 20.2. The number of hydrogen-bond acceptors (Lipinski definition) is 5. The Hall–Kier alpha value is -3.84. The molecule has 6 rings (SSSR count). The van der Waals surface area contributed by atoms with Crippen molar-refractivity contribution < 1.29 is 14.3 Å². The molecule has 1 aliphatic heterocycles. The summed E-state index contributed by atoms with van der Waals surface area (Å²) in [4.78, 5) is 17.9. The molecule has 0 saturated heterocycles. The van der Waals surface area contributed by atoms with Crippen molar-refractivity contribution in [3.05, 3.63) is 88.0 Å². The topological polar surface area (TPSA) is 64.8 Å². The highest BCUT2D eigenvalue weighted by Crippen LogP contribution is 2.38. The average Bonchev–Trinajstić information content (AvgIpc) is 3.31. The first kappa shape index (κ1) is 21.7. The minimum absolute atomic E-state index is 0.0488. The number of carbonyl (C=O) groups excluding carboxylic acids is 1. The third-order valence-corrected chi connectivity index (χ3v) is 7.42. The molecule has 6 nitrogen and oxygen atoms in total. The maximum Gasteiger partial charge on any atom is 0.262 e. The average molecular weight is 484 g/mol. The summed E-state index contributed by atoms with van der Waals surface area (Å²) in [7, 11) is 1.67. The van der Waals surface area contributed by atoms with E-state index in [1.54, 1.807) is 18.4 Å². The number of rotatable bonds is 4. The fourth-order valence-corrected chi connectivity index (χ4v) is 5.91. The Morgan fingerprint density at radius 1 is 1.11 bits per heavy atom. The van der Waals surface area contributed by atoms with Crippen molar-refractivity contribution in [1.82, 2.24) is 4.57 Å². The van der Waals surface area contributed by atoms with Gasteiger partial charge in [-0.25, -0.2) is 4.99 Å². The number of carbonyl (C=O) groups is 1. The highest BCUT2D eigenvalue weighted by molar-refractivity contribution is 7.07. The molecule has 0 spiro atoms. The van der Waals surface area contributed by atoms with Crippen LogP contribution in [0.3, 0.4) is 0 Å². The first-order valence-corrected chi connectivity index (χ1v) is 12.6. The highest BCUT2D eigenvalue weighted by Gasteiger charge is 2.26. The normalized spacial score (nSPS) is 17.2. The Bertz CT molecular complexity index is 1490. The molecule has 7 heteroatoms. The van der Waals surface area contributed by atoms with E-state index in [2.05, 4.69) is 45.6 Å². The number of aromatic nitrogens is 1. The van der Waals surface area contributed by atoms with E-state index in [9.17, 15) is 4.79 Å². The number of fused-ring (bicyclic) bond motifs is 2. The predicted octanol–water partition coefficient (Wildman–Crippen LogP) is 5.71. The molecular weight excluding hydrogens is 458 g/mol. The van der Waals surface area contributed by atoms with Gasteiger partial charge in [-0.15, -0.1) is 11.3 Å². The van der Waals surface area contributed by atoms with Gasteiger partial charge in [-0.1, -0.05) is 30.3 Å². The fraction of sp³-hybridized carbons (Fsp3) is 0.214. The van der Waals surface area contributed by atoms with Gasteiger partial charge in [0.2, 0.25) is 0 Å². The highest BCUT2D eigenvalue weighted by atomic mass is 32.1. The van der Waals surface area contributed by atoms with Gasteiger partial charge in [0.25, 0.3) is 5.91 Å². The molecule has 1 aliphatic carbocycles. The number of methoxy groups -OCH3 is 1. The van der Waals surface area contributed by atoms with E-state index in [1.807, 2.05) is 36.4 Å². The van der Waals surface area contributed by atoms with Gasteiger partial charge in [0, 0.05) is 17.0 Å². The molecule has 35 heavy (non-hydrogen) atoms. The zero-order chi connectivity index (χ0) is 23.8. The predicted molar refractivity (Wildman–Crippen MR) is 138 cm³/mol. The smallest absolute Gasteiger partial charge is 0.262 e. The standard InChI is InChI=1S/C28H25N3O3S/c1-33-21-9-5-8-20(15-21)29-28-31(24-11-4-7-18-6-2-3-10-22(18)24)25(17-35-28)19-12-13-26-23(14-19)30-27(32)16-34-26/h2-3,5-6,8-10,12-15,17,24H,4,7,11,16H2,1H3,(H,30,32). The van der Waals surface area contributed by atoms with Crippen LogP contribution in [0.4, 0.5) is 11.4 Å². The van der Waals surface area contributed by atoms with Crippen molar-refractivity contribution in [2.75, 3.05) is 19.0 Å². The Morgan fingerprint density at radius 3 is 2.94 bits per heavy atom. The molecule has 4 aromatic rings. The van der Waals surface area contributed by atoms with E-state index in [1.165, 1.54) is 11.1 Å². The van der Waals surface area contributed by atoms with Crippen LogP contribution in [-0.4, -0.2) is 24.2 Å². The van der Waals surface area contributed by atoms with Crippen LogP contribution in [0.2, 0.25) is 0 Å². The molecule has 0 bridgehead atoms. The number of hydrogen-bond donors (Lipinski definition) is 1. The maximum absolute atomic E-state index is 11.9. The molecule has 0 saturated carbocycles. The summed E-state index contributed by atoms with van der Waals surface area (Å²) >= 11 is 1.62. The fourth-order valence-electron chi connectivity index (χ4n) is 4.94. The molecule has 0 radical (unpaired) electrons. The first-order valence-electron chi connectivity index (χ1n) is 11.7. The van der Waals surface area contributed by atoms with Gasteiger partial charge >= 0.3 is 0 Å². The minimum Gasteiger partial charge on any atom is -0.497 e. The van der Waals surface area contributed by atoms with E-state index in [4.69, 9.17) is 14.5 Å². The van der Waals surface area contributed by atoms with Gasteiger partial charge in [0.05, 0.1) is 30.2 Å². The van der Waals surface area contributed by atoms with Crippen LogP contribution in [0.15, 0.2) is 77.1 Å². The van der Waals surface area contributed by atoms with Gasteiger partial charge in [-0.2, -0.15) is 0 Å². The maximum atomic E-state index is 11.9. The molecule has 3 aromatic carbocycles. The number of ether oxygens (including phenoxy) is 2. The van der Waals surface area contributed by atoms with Crippen LogP contribution >= 0.6 is 11.3 Å². The van der Waals surface area contributed by atoms with Gasteiger partial charge in [-0.05, 0) is 60.7 Å². The molecule has 1 atom stereocenters. The number of anilines is 1. The van der Waals surface area contributed by atoms with Gasteiger partial charge in [-0.3, -0.25) is 4.79 Å². The van der Waals surface area contributed by atoms with E-state index >= 15 is 0 Å². The molecule has 176 valence electrons. The second-order valence-electron chi connectivity index (χ2n) is 8.74. The molecule has 2 heterocycles. The van der Waals surface area contributed by atoms with Crippen LogP contribution < -0.4 is 19.6 Å². The molecule has 0 fully saturated rings. The quantitative estimate of drug-likeness (QED) is 0.404. The van der Waals surface area contributed by atoms with Crippen molar-refractivity contribution in [3.8, 4) is 22.8 Å². The summed E-state index contributed by atoms with van der Waals surface area (Å²) < 4.78 is 13.3. The second-order valence-corrected chi connectivity index (χ2v) is 9.58. The van der Waals surface area contributed by atoms with Crippen molar-refractivity contribution >= 4 is 28.6 Å². The molecule has 1 aromatic heterocycles. The minimum atomic E-state index is -0.136. The molecular formula is C28H25N3O3S. The summed E-state index contributed by atoms with van der Waals surface area (Å²) in [6.45, 7) is 0.0488. The van der Waals surface area contributed by atoms with Gasteiger partial charge in [0.15, 0.2) is 11.4 Å². The van der Waals surface area contributed by atoms with E-state index < -0.39 is 0 Å².